The molecule has 0 unspecified atom stereocenters. The van der Waals surface area contributed by atoms with Crippen LogP contribution in [0, 0.1) is 10.1 Å². The predicted molar refractivity (Wildman–Crippen MR) is 105 cm³/mol. The smallest absolute Gasteiger partial charge is 0.368 e. The Bertz CT molecular complexity index is 866. The third kappa shape index (κ3) is 4.69. The van der Waals surface area contributed by atoms with E-state index in [1.165, 1.54) is 24.3 Å². The average molecular weight is 410 g/mol. The van der Waals surface area contributed by atoms with Gasteiger partial charge in [-0.25, -0.2) is 0 Å². The monoisotopic (exact) mass is 410 g/mol. The largest absolute Gasteiger partial charge is 0.416 e. The molecule has 0 saturated carbocycles. The van der Waals surface area contributed by atoms with Crippen molar-refractivity contribution in [1.82, 2.24) is 4.90 Å². The highest BCUT2D eigenvalue weighted by Gasteiger charge is 2.30. The van der Waals surface area contributed by atoms with Crippen molar-refractivity contribution in [3.63, 3.8) is 0 Å². The Hall–Kier alpha value is -2.88. The summed E-state index contributed by atoms with van der Waals surface area (Å²) in [7, 11) is 0. The van der Waals surface area contributed by atoms with Gasteiger partial charge in [0.15, 0.2) is 5.11 Å². The maximum absolute atomic E-state index is 12.8. The second kappa shape index (κ2) is 8.01. The molecule has 1 aliphatic rings. The molecule has 0 atom stereocenters. The number of hydrogen-bond donors (Lipinski definition) is 1. The van der Waals surface area contributed by atoms with Gasteiger partial charge in [0.25, 0.3) is 5.69 Å². The zero-order valence-electron chi connectivity index (χ0n) is 14.6. The molecule has 10 heteroatoms. The summed E-state index contributed by atoms with van der Waals surface area (Å²) in [6.45, 7) is 2.45. The highest BCUT2D eigenvalue weighted by Crippen LogP contribution is 2.30. The minimum Gasteiger partial charge on any atom is -0.368 e. The molecular formula is C18H17F3N4O2S. The van der Waals surface area contributed by atoms with Crippen LogP contribution in [-0.2, 0) is 6.18 Å². The second-order valence-electron chi connectivity index (χ2n) is 6.26. The summed E-state index contributed by atoms with van der Waals surface area (Å²) in [6.07, 6.45) is -4.41. The molecule has 3 rings (SSSR count). The lowest BCUT2D eigenvalue weighted by molar-refractivity contribution is -0.384. The molecule has 1 saturated heterocycles. The van der Waals surface area contributed by atoms with E-state index in [0.717, 1.165) is 17.8 Å². The van der Waals surface area contributed by atoms with Gasteiger partial charge in [-0.2, -0.15) is 13.2 Å². The molecule has 2 aromatic rings. The molecule has 1 fully saturated rings. The molecule has 1 heterocycles. The molecule has 0 spiro atoms. The van der Waals surface area contributed by atoms with Crippen molar-refractivity contribution in [2.45, 2.75) is 6.18 Å². The van der Waals surface area contributed by atoms with E-state index in [9.17, 15) is 23.3 Å². The van der Waals surface area contributed by atoms with Crippen molar-refractivity contribution >= 4 is 34.4 Å². The standard InChI is InChI=1S/C18H17F3N4O2S/c19-18(20,21)13-2-1-3-14(12-13)22-17(28)24-10-8-23(9-11-24)15-4-6-16(7-5-15)25(26)27/h1-7,12H,8-11H2,(H,22,28). The van der Waals surface area contributed by atoms with Crippen molar-refractivity contribution < 1.29 is 18.1 Å². The zero-order chi connectivity index (χ0) is 20.3. The van der Waals surface area contributed by atoms with Crippen LogP contribution in [0.1, 0.15) is 5.56 Å². The Morgan fingerprint density at radius 1 is 1.07 bits per heavy atom. The lowest BCUT2D eigenvalue weighted by atomic mass is 10.2. The number of nitrogens with one attached hydrogen (secondary N) is 1. The molecule has 0 aliphatic carbocycles. The Kier molecular flexibility index (Phi) is 5.68. The van der Waals surface area contributed by atoms with E-state index in [4.69, 9.17) is 12.2 Å². The summed E-state index contributed by atoms with van der Waals surface area (Å²) in [5.41, 5.74) is 0.469. The van der Waals surface area contributed by atoms with E-state index in [-0.39, 0.29) is 11.4 Å². The zero-order valence-corrected chi connectivity index (χ0v) is 15.5. The van der Waals surface area contributed by atoms with Gasteiger partial charge < -0.3 is 15.1 Å². The lowest BCUT2D eigenvalue weighted by Gasteiger charge is -2.37. The van der Waals surface area contributed by atoms with Gasteiger partial charge in [0.2, 0.25) is 0 Å². The Labute approximate surface area is 164 Å². The molecule has 6 nitrogen and oxygen atoms in total. The molecular weight excluding hydrogens is 393 g/mol. The maximum Gasteiger partial charge on any atom is 0.416 e. The number of thiocarbonyl (C=S) groups is 1. The van der Waals surface area contributed by atoms with Gasteiger partial charge in [0.1, 0.15) is 0 Å². The number of nitro benzene ring substituents is 1. The first-order valence-electron chi connectivity index (χ1n) is 8.46. The van der Waals surface area contributed by atoms with Gasteiger partial charge in [-0.15, -0.1) is 0 Å². The number of anilines is 2. The van der Waals surface area contributed by atoms with Crippen LogP contribution in [0.3, 0.4) is 0 Å². The van der Waals surface area contributed by atoms with Crippen LogP contribution in [0.2, 0.25) is 0 Å². The van der Waals surface area contributed by atoms with Crippen LogP contribution < -0.4 is 10.2 Å². The Morgan fingerprint density at radius 3 is 2.29 bits per heavy atom. The molecule has 0 radical (unpaired) electrons. The summed E-state index contributed by atoms with van der Waals surface area (Å²) >= 11 is 5.33. The van der Waals surface area contributed by atoms with E-state index >= 15 is 0 Å². The number of nitrogens with zero attached hydrogens (tertiary/aromatic N) is 3. The number of non-ortho nitro benzene ring substituents is 1. The number of piperazine rings is 1. The number of halogens is 3. The molecule has 0 amide bonds. The fourth-order valence-electron chi connectivity index (χ4n) is 2.93. The van der Waals surface area contributed by atoms with Gasteiger partial charge >= 0.3 is 6.18 Å². The van der Waals surface area contributed by atoms with E-state index < -0.39 is 16.7 Å². The van der Waals surface area contributed by atoms with Gasteiger partial charge in [0, 0.05) is 49.7 Å². The second-order valence-corrected chi connectivity index (χ2v) is 6.64. The van der Waals surface area contributed by atoms with Gasteiger partial charge in [-0.1, -0.05) is 6.07 Å². The molecule has 28 heavy (non-hydrogen) atoms. The van der Waals surface area contributed by atoms with Crippen LogP contribution in [0.25, 0.3) is 0 Å². The number of nitro groups is 1. The van der Waals surface area contributed by atoms with Gasteiger partial charge in [-0.05, 0) is 42.5 Å². The first kappa shape index (κ1) is 19.9. The third-order valence-electron chi connectivity index (χ3n) is 4.43. The highest BCUT2D eigenvalue weighted by molar-refractivity contribution is 7.80. The molecule has 0 bridgehead atoms. The van der Waals surface area contributed by atoms with Crippen LogP contribution in [0.5, 0.6) is 0 Å². The highest BCUT2D eigenvalue weighted by atomic mass is 32.1. The Morgan fingerprint density at radius 2 is 1.71 bits per heavy atom. The summed E-state index contributed by atoms with van der Waals surface area (Å²) < 4.78 is 38.5. The minimum absolute atomic E-state index is 0.0360. The van der Waals surface area contributed by atoms with Crippen molar-refractivity contribution in [3.05, 3.63) is 64.2 Å². The minimum atomic E-state index is -4.41. The first-order valence-corrected chi connectivity index (χ1v) is 8.87. The van der Waals surface area contributed by atoms with Gasteiger partial charge in [-0.3, -0.25) is 10.1 Å². The average Bonchev–Trinajstić information content (AvgIpc) is 2.68. The lowest BCUT2D eigenvalue weighted by Crippen LogP contribution is -2.50. The molecule has 2 aromatic carbocycles. The van der Waals surface area contributed by atoms with Crippen molar-refractivity contribution in [2.75, 3.05) is 36.4 Å². The van der Waals surface area contributed by atoms with Gasteiger partial charge in [0.05, 0.1) is 10.5 Å². The number of benzene rings is 2. The fraction of sp³-hybridized carbons (Fsp3) is 0.278. The number of alkyl halides is 3. The van der Waals surface area contributed by atoms with Crippen molar-refractivity contribution in [1.29, 1.82) is 0 Å². The summed E-state index contributed by atoms with van der Waals surface area (Å²) in [5, 5.41) is 14.0. The van der Waals surface area contributed by atoms with E-state index in [1.54, 1.807) is 12.1 Å². The summed E-state index contributed by atoms with van der Waals surface area (Å²) in [6, 6.07) is 11.2. The van der Waals surface area contributed by atoms with Crippen LogP contribution in [0.15, 0.2) is 48.5 Å². The summed E-state index contributed by atoms with van der Waals surface area (Å²) in [5.74, 6) is 0. The van der Waals surface area contributed by atoms with Crippen molar-refractivity contribution in [3.8, 4) is 0 Å². The fourth-order valence-corrected chi connectivity index (χ4v) is 3.23. The van der Waals surface area contributed by atoms with Crippen LogP contribution >= 0.6 is 12.2 Å². The third-order valence-corrected chi connectivity index (χ3v) is 4.79. The summed E-state index contributed by atoms with van der Waals surface area (Å²) in [4.78, 5) is 14.3. The normalized spacial score (nSPS) is 14.7. The van der Waals surface area contributed by atoms with Crippen LogP contribution in [0.4, 0.5) is 30.2 Å². The van der Waals surface area contributed by atoms with E-state index in [2.05, 4.69) is 10.2 Å². The molecule has 0 aromatic heterocycles. The first-order chi connectivity index (χ1) is 13.2. The van der Waals surface area contributed by atoms with E-state index in [0.29, 0.717) is 31.3 Å². The molecule has 1 N–H and O–H groups in total. The predicted octanol–water partition coefficient (Wildman–Crippen LogP) is 4.13. The number of hydrogen-bond acceptors (Lipinski definition) is 4. The van der Waals surface area contributed by atoms with E-state index in [1.807, 2.05) is 4.90 Å². The topological polar surface area (TPSA) is 61.7 Å². The SMILES string of the molecule is O=[N+]([O-])c1ccc(N2CCN(C(=S)Nc3cccc(C(F)(F)F)c3)CC2)cc1. The molecule has 1 aliphatic heterocycles. The van der Waals surface area contributed by atoms with Crippen molar-refractivity contribution in [2.24, 2.45) is 0 Å². The molecule has 148 valence electrons. The number of rotatable bonds is 3. The van der Waals surface area contributed by atoms with Crippen LogP contribution in [-0.4, -0.2) is 41.1 Å². The maximum atomic E-state index is 12.8. The Balaban J connectivity index is 1.57. The quantitative estimate of drug-likeness (QED) is 0.466.